The summed E-state index contributed by atoms with van der Waals surface area (Å²) in [6.45, 7) is 2.82. The van der Waals surface area contributed by atoms with Crippen LogP contribution in [0.4, 0.5) is 5.69 Å². The summed E-state index contributed by atoms with van der Waals surface area (Å²) in [7, 11) is 4.76. The Kier molecular flexibility index (Phi) is 8.18. The van der Waals surface area contributed by atoms with Gasteiger partial charge in [0.25, 0.3) is 11.8 Å². The smallest absolute Gasteiger partial charge is 0.263 e. The van der Waals surface area contributed by atoms with Crippen molar-refractivity contribution in [1.29, 1.82) is 0 Å². The monoisotopic (exact) mass is 504 g/mol. The SMILES string of the molecule is CCC1Oc2ccc(NC(=O)c3cccc(OC)c3)cc2CN(CCc2ccc(OC)c(OC)c2)C1=O. The first-order valence-electron chi connectivity index (χ1n) is 12.2. The fourth-order valence-electron chi connectivity index (χ4n) is 4.30. The Morgan fingerprint density at radius 2 is 1.81 bits per heavy atom. The van der Waals surface area contributed by atoms with E-state index in [1.165, 1.54) is 0 Å². The quantitative estimate of drug-likeness (QED) is 0.454. The van der Waals surface area contributed by atoms with E-state index in [2.05, 4.69) is 5.32 Å². The molecule has 0 spiro atoms. The van der Waals surface area contributed by atoms with Crippen LogP contribution in [0.3, 0.4) is 0 Å². The molecule has 1 N–H and O–H groups in total. The van der Waals surface area contributed by atoms with E-state index in [0.717, 1.165) is 11.1 Å². The second-order valence-electron chi connectivity index (χ2n) is 8.72. The van der Waals surface area contributed by atoms with Crippen molar-refractivity contribution in [2.75, 3.05) is 33.2 Å². The van der Waals surface area contributed by atoms with Crippen molar-refractivity contribution in [3.05, 3.63) is 77.4 Å². The minimum Gasteiger partial charge on any atom is -0.497 e. The molecule has 0 fully saturated rings. The number of methoxy groups -OCH3 is 3. The fraction of sp³-hybridized carbons (Fsp3) is 0.310. The molecule has 1 aliphatic rings. The van der Waals surface area contributed by atoms with E-state index >= 15 is 0 Å². The van der Waals surface area contributed by atoms with Gasteiger partial charge in [-0.1, -0.05) is 19.1 Å². The predicted octanol–water partition coefficient (Wildman–Crippen LogP) is 4.71. The molecular weight excluding hydrogens is 472 g/mol. The maximum Gasteiger partial charge on any atom is 0.263 e. The standard InChI is InChI=1S/C29H32N2O6/c1-5-24-29(33)31(14-13-19-9-11-26(35-3)27(15-19)36-4)18-21-16-22(10-12-25(21)37-24)30-28(32)20-7-6-8-23(17-20)34-2/h6-12,15-17,24H,5,13-14,18H2,1-4H3,(H,30,32). The zero-order valence-electron chi connectivity index (χ0n) is 21.6. The van der Waals surface area contributed by atoms with Gasteiger partial charge in [-0.05, 0) is 66.9 Å². The van der Waals surface area contributed by atoms with Gasteiger partial charge in [-0.15, -0.1) is 0 Å². The van der Waals surface area contributed by atoms with E-state index in [0.29, 0.717) is 60.2 Å². The van der Waals surface area contributed by atoms with Gasteiger partial charge in [-0.2, -0.15) is 0 Å². The average Bonchev–Trinajstić information content (AvgIpc) is 3.07. The molecule has 2 amide bonds. The molecule has 37 heavy (non-hydrogen) atoms. The van der Waals surface area contributed by atoms with E-state index in [-0.39, 0.29) is 11.8 Å². The molecule has 8 heteroatoms. The minimum absolute atomic E-state index is 0.0545. The van der Waals surface area contributed by atoms with Gasteiger partial charge in [-0.3, -0.25) is 9.59 Å². The van der Waals surface area contributed by atoms with E-state index in [9.17, 15) is 9.59 Å². The maximum absolute atomic E-state index is 13.3. The number of carbonyl (C=O) groups excluding carboxylic acids is 2. The van der Waals surface area contributed by atoms with Gasteiger partial charge in [0.2, 0.25) is 0 Å². The van der Waals surface area contributed by atoms with Crippen LogP contribution in [0, 0.1) is 0 Å². The number of hydrogen-bond acceptors (Lipinski definition) is 6. The largest absolute Gasteiger partial charge is 0.497 e. The molecule has 1 atom stereocenters. The Labute approximate surface area is 217 Å². The molecule has 0 aliphatic carbocycles. The minimum atomic E-state index is -0.566. The summed E-state index contributed by atoms with van der Waals surface area (Å²) >= 11 is 0. The Morgan fingerprint density at radius 1 is 1.00 bits per heavy atom. The molecule has 194 valence electrons. The highest BCUT2D eigenvalue weighted by Gasteiger charge is 2.30. The van der Waals surface area contributed by atoms with Crippen molar-refractivity contribution in [2.24, 2.45) is 0 Å². The van der Waals surface area contributed by atoms with E-state index in [1.807, 2.05) is 42.2 Å². The van der Waals surface area contributed by atoms with E-state index in [4.69, 9.17) is 18.9 Å². The van der Waals surface area contributed by atoms with Crippen molar-refractivity contribution >= 4 is 17.5 Å². The number of nitrogens with zero attached hydrogens (tertiary/aromatic N) is 1. The van der Waals surface area contributed by atoms with Crippen molar-refractivity contribution in [3.8, 4) is 23.0 Å². The lowest BCUT2D eigenvalue weighted by Gasteiger charge is -2.23. The third kappa shape index (κ3) is 5.97. The summed E-state index contributed by atoms with van der Waals surface area (Å²) in [4.78, 5) is 27.9. The summed E-state index contributed by atoms with van der Waals surface area (Å²) in [5.41, 5.74) is 2.98. The molecule has 3 aromatic rings. The van der Waals surface area contributed by atoms with Crippen LogP contribution in [0.15, 0.2) is 60.7 Å². The molecule has 3 aromatic carbocycles. The van der Waals surface area contributed by atoms with E-state index < -0.39 is 6.10 Å². The third-order valence-electron chi connectivity index (χ3n) is 6.36. The van der Waals surface area contributed by atoms with Crippen molar-refractivity contribution < 1.29 is 28.5 Å². The summed E-state index contributed by atoms with van der Waals surface area (Å²) in [5.74, 6) is 2.26. The van der Waals surface area contributed by atoms with Crippen molar-refractivity contribution in [2.45, 2.75) is 32.4 Å². The van der Waals surface area contributed by atoms with Crippen LogP contribution >= 0.6 is 0 Å². The van der Waals surface area contributed by atoms with Crippen LogP contribution in [-0.4, -0.2) is 50.7 Å². The second kappa shape index (κ2) is 11.7. The van der Waals surface area contributed by atoms with Crippen LogP contribution < -0.4 is 24.3 Å². The first-order chi connectivity index (χ1) is 17.9. The molecule has 1 unspecified atom stereocenters. The number of amides is 2. The lowest BCUT2D eigenvalue weighted by Crippen LogP contribution is -2.40. The molecular formula is C29H32N2O6. The first kappa shape index (κ1) is 25.9. The number of nitrogens with one attached hydrogen (secondary N) is 1. The molecule has 0 radical (unpaired) electrons. The highest BCUT2D eigenvalue weighted by Crippen LogP contribution is 2.31. The van der Waals surface area contributed by atoms with Gasteiger partial charge in [0, 0.05) is 29.9 Å². The maximum atomic E-state index is 13.3. The highest BCUT2D eigenvalue weighted by atomic mass is 16.5. The Morgan fingerprint density at radius 3 is 2.54 bits per heavy atom. The van der Waals surface area contributed by atoms with Crippen molar-refractivity contribution in [3.63, 3.8) is 0 Å². The average molecular weight is 505 g/mol. The number of carbonyl (C=O) groups is 2. The number of rotatable bonds is 9. The molecule has 0 bridgehead atoms. The molecule has 8 nitrogen and oxygen atoms in total. The topological polar surface area (TPSA) is 86.3 Å². The molecule has 0 aromatic heterocycles. The van der Waals surface area contributed by atoms with Gasteiger partial charge in [-0.25, -0.2) is 0 Å². The summed E-state index contributed by atoms with van der Waals surface area (Å²) in [6, 6.07) is 18.2. The number of anilines is 1. The summed E-state index contributed by atoms with van der Waals surface area (Å²) in [5, 5.41) is 2.93. The van der Waals surface area contributed by atoms with Crippen molar-refractivity contribution in [1.82, 2.24) is 4.90 Å². The molecule has 0 saturated heterocycles. The highest BCUT2D eigenvalue weighted by molar-refractivity contribution is 6.04. The lowest BCUT2D eigenvalue weighted by atomic mass is 10.1. The van der Waals surface area contributed by atoms with Crippen LogP contribution in [0.1, 0.15) is 34.8 Å². The Bertz CT molecular complexity index is 1280. The van der Waals surface area contributed by atoms with Gasteiger partial charge in [0.1, 0.15) is 11.5 Å². The molecule has 1 heterocycles. The molecule has 4 rings (SSSR count). The molecule has 1 aliphatic heterocycles. The van der Waals surface area contributed by atoms with Gasteiger partial charge in [0.05, 0.1) is 21.3 Å². The summed E-state index contributed by atoms with van der Waals surface area (Å²) in [6.07, 6.45) is 0.632. The fourth-order valence-corrected chi connectivity index (χ4v) is 4.30. The van der Waals surface area contributed by atoms with E-state index in [1.54, 1.807) is 51.7 Å². The second-order valence-corrected chi connectivity index (χ2v) is 8.72. The third-order valence-corrected chi connectivity index (χ3v) is 6.36. The molecule has 0 saturated carbocycles. The van der Waals surface area contributed by atoms with Gasteiger partial charge < -0.3 is 29.2 Å². The van der Waals surface area contributed by atoms with Gasteiger partial charge >= 0.3 is 0 Å². The lowest BCUT2D eigenvalue weighted by molar-refractivity contribution is -0.138. The predicted molar refractivity (Wildman–Crippen MR) is 141 cm³/mol. The van der Waals surface area contributed by atoms with Crippen LogP contribution in [0.5, 0.6) is 23.0 Å². The van der Waals surface area contributed by atoms with Crippen LogP contribution in [-0.2, 0) is 17.8 Å². The van der Waals surface area contributed by atoms with Gasteiger partial charge in [0.15, 0.2) is 17.6 Å². The van der Waals surface area contributed by atoms with Crippen LogP contribution in [0.25, 0.3) is 0 Å². The Balaban J connectivity index is 1.52. The zero-order chi connectivity index (χ0) is 26.4. The first-order valence-corrected chi connectivity index (χ1v) is 12.2. The zero-order valence-corrected chi connectivity index (χ0v) is 21.6. The number of fused-ring (bicyclic) bond motifs is 1. The Hall–Kier alpha value is -4.20. The summed E-state index contributed by atoms with van der Waals surface area (Å²) < 4.78 is 22.0. The number of benzene rings is 3. The number of hydrogen-bond donors (Lipinski definition) is 1. The number of ether oxygens (including phenoxy) is 4. The normalized spacial score (nSPS) is 14.8. The van der Waals surface area contributed by atoms with Crippen LogP contribution in [0.2, 0.25) is 0 Å².